The number of nitrogens with two attached hydrogens (primary N) is 1. The largest absolute Gasteiger partial charge is 0.327 e. The molecule has 0 aromatic rings. The zero-order valence-corrected chi connectivity index (χ0v) is 6.73. The third-order valence-electron chi connectivity index (χ3n) is 2.80. The molecule has 0 spiro atoms. The molecule has 0 amide bonds. The standard InChI is InChI=1S/C8H16FN/c1-3-7(10)8(4-5-8)6(2)9/h6-7H,3-5,10H2,1-2H3. The Morgan fingerprint density at radius 1 is 1.60 bits per heavy atom. The van der Waals surface area contributed by atoms with Gasteiger partial charge >= 0.3 is 0 Å². The van der Waals surface area contributed by atoms with Crippen molar-refractivity contribution >= 4 is 0 Å². The van der Waals surface area contributed by atoms with Gasteiger partial charge in [0.1, 0.15) is 6.17 Å². The first kappa shape index (κ1) is 7.99. The van der Waals surface area contributed by atoms with E-state index in [2.05, 4.69) is 0 Å². The molecule has 1 saturated carbocycles. The van der Waals surface area contributed by atoms with Gasteiger partial charge in [-0.25, -0.2) is 4.39 Å². The number of halogens is 1. The highest BCUT2D eigenvalue weighted by molar-refractivity contribution is 5.03. The van der Waals surface area contributed by atoms with Crippen molar-refractivity contribution in [3.63, 3.8) is 0 Å². The Kier molecular flexibility index (Phi) is 1.99. The highest BCUT2D eigenvalue weighted by Gasteiger charge is 2.51. The predicted molar refractivity (Wildman–Crippen MR) is 40.5 cm³/mol. The highest BCUT2D eigenvalue weighted by Crippen LogP contribution is 2.52. The normalized spacial score (nSPS) is 27.6. The summed E-state index contributed by atoms with van der Waals surface area (Å²) in [5.41, 5.74) is 5.64. The fourth-order valence-electron chi connectivity index (χ4n) is 1.61. The summed E-state index contributed by atoms with van der Waals surface area (Å²) >= 11 is 0. The van der Waals surface area contributed by atoms with Crippen LogP contribution in [-0.4, -0.2) is 12.2 Å². The fourth-order valence-corrected chi connectivity index (χ4v) is 1.61. The monoisotopic (exact) mass is 145 g/mol. The van der Waals surface area contributed by atoms with Crippen LogP contribution in [0.1, 0.15) is 33.1 Å². The van der Waals surface area contributed by atoms with Crippen LogP contribution in [0.15, 0.2) is 0 Å². The summed E-state index contributed by atoms with van der Waals surface area (Å²) in [5, 5.41) is 0. The highest BCUT2D eigenvalue weighted by atomic mass is 19.1. The Morgan fingerprint density at radius 3 is 2.20 bits per heavy atom. The molecule has 2 heteroatoms. The zero-order valence-electron chi connectivity index (χ0n) is 6.73. The Hall–Kier alpha value is -0.110. The van der Waals surface area contributed by atoms with E-state index in [1.54, 1.807) is 6.92 Å². The van der Waals surface area contributed by atoms with Gasteiger partial charge in [-0.15, -0.1) is 0 Å². The maximum absolute atomic E-state index is 12.9. The summed E-state index contributed by atoms with van der Waals surface area (Å²) in [6.45, 7) is 3.65. The van der Waals surface area contributed by atoms with Crippen LogP contribution in [0.3, 0.4) is 0 Å². The molecule has 0 saturated heterocycles. The van der Waals surface area contributed by atoms with Crippen LogP contribution in [0.2, 0.25) is 0 Å². The number of hydrogen-bond donors (Lipinski definition) is 1. The quantitative estimate of drug-likeness (QED) is 0.644. The Labute approximate surface area is 61.8 Å². The topological polar surface area (TPSA) is 26.0 Å². The molecule has 1 aliphatic carbocycles. The van der Waals surface area contributed by atoms with Crippen molar-refractivity contribution in [1.29, 1.82) is 0 Å². The number of alkyl halides is 1. The summed E-state index contributed by atoms with van der Waals surface area (Å²) in [6, 6.07) is 0.0764. The first-order valence-electron chi connectivity index (χ1n) is 4.03. The molecule has 0 aromatic carbocycles. The minimum Gasteiger partial charge on any atom is -0.327 e. The van der Waals surface area contributed by atoms with E-state index >= 15 is 0 Å². The molecule has 0 heterocycles. The Morgan fingerprint density at radius 2 is 2.10 bits per heavy atom. The Balaban J connectivity index is 2.51. The van der Waals surface area contributed by atoms with E-state index in [1.807, 2.05) is 6.92 Å². The summed E-state index contributed by atoms with van der Waals surface area (Å²) in [7, 11) is 0. The lowest BCUT2D eigenvalue weighted by Gasteiger charge is -2.22. The SMILES string of the molecule is CCC(N)C1(C(C)F)CC1. The summed E-state index contributed by atoms with van der Waals surface area (Å²) in [6.07, 6.45) is 2.15. The van der Waals surface area contributed by atoms with Crippen LogP contribution in [0.25, 0.3) is 0 Å². The van der Waals surface area contributed by atoms with Gasteiger partial charge < -0.3 is 5.73 Å². The minimum atomic E-state index is -0.720. The van der Waals surface area contributed by atoms with Crippen molar-refractivity contribution in [2.24, 2.45) is 11.1 Å². The van der Waals surface area contributed by atoms with Crippen molar-refractivity contribution in [3.05, 3.63) is 0 Å². The second-order valence-corrected chi connectivity index (χ2v) is 3.36. The first-order chi connectivity index (χ1) is 4.63. The van der Waals surface area contributed by atoms with Gasteiger partial charge in [0.2, 0.25) is 0 Å². The van der Waals surface area contributed by atoms with E-state index in [-0.39, 0.29) is 11.5 Å². The van der Waals surface area contributed by atoms with E-state index in [1.165, 1.54) is 0 Å². The van der Waals surface area contributed by atoms with Gasteiger partial charge in [0.25, 0.3) is 0 Å². The fraction of sp³-hybridized carbons (Fsp3) is 1.00. The maximum atomic E-state index is 12.9. The molecule has 10 heavy (non-hydrogen) atoms. The van der Waals surface area contributed by atoms with E-state index in [4.69, 9.17) is 5.73 Å². The molecule has 0 aromatic heterocycles. The second-order valence-electron chi connectivity index (χ2n) is 3.36. The molecule has 0 radical (unpaired) electrons. The zero-order chi connectivity index (χ0) is 7.78. The van der Waals surface area contributed by atoms with Gasteiger partial charge in [-0.3, -0.25) is 0 Å². The summed E-state index contributed by atoms with van der Waals surface area (Å²) in [4.78, 5) is 0. The van der Waals surface area contributed by atoms with Crippen LogP contribution in [0, 0.1) is 5.41 Å². The molecule has 2 unspecified atom stereocenters. The van der Waals surface area contributed by atoms with Crippen LogP contribution < -0.4 is 5.73 Å². The molecule has 1 rings (SSSR count). The predicted octanol–water partition coefficient (Wildman–Crippen LogP) is 1.86. The van der Waals surface area contributed by atoms with Crippen LogP contribution in [-0.2, 0) is 0 Å². The average molecular weight is 145 g/mol. The van der Waals surface area contributed by atoms with Crippen molar-refractivity contribution in [2.45, 2.75) is 45.3 Å². The lowest BCUT2D eigenvalue weighted by atomic mass is 9.91. The first-order valence-corrected chi connectivity index (χ1v) is 4.03. The molecule has 0 aliphatic heterocycles. The van der Waals surface area contributed by atoms with Crippen molar-refractivity contribution < 1.29 is 4.39 Å². The van der Waals surface area contributed by atoms with Gasteiger partial charge in [0.15, 0.2) is 0 Å². The van der Waals surface area contributed by atoms with Crippen molar-refractivity contribution in [3.8, 4) is 0 Å². The molecular weight excluding hydrogens is 129 g/mol. The maximum Gasteiger partial charge on any atom is 0.104 e. The summed E-state index contributed by atoms with van der Waals surface area (Å²) in [5.74, 6) is 0. The van der Waals surface area contributed by atoms with Gasteiger partial charge in [0, 0.05) is 11.5 Å². The number of rotatable bonds is 3. The van der Waals surface area contributed by atoms with Crippen LogP contribution in [0.4, 0.5) is 4.39 Å². The van der Waals surface area contributed by atoms with E-state index in [0.29, 0.717) is 0 Å². The second kappa shape index (κ2) is 2.50. The van der Waals surface area contributed by atoms with Crippen LogP contribution in [0.5, 0.6) is 0 Å². The molecule has 2 N–H and O–H groups in total. The third kappa shape index (κ3) is 1.05. The Bertz CT molecular complexity index is 118. The molecule has 1 aliphatic rings. The molecule has 0 bridgehead atoms. The molecule has 60 valence electrons. The molecular formula is C8H16FN. The lowest BCUT2D eigenvalue weighted by molar-refractivity contribution is 0.192. The number of hydrogen-bond acceptors (Lipinski definition) is 1. The van der Waals surface area contributed by atoms with Gasteiger partial charge in [-0.1, -0.05) is 6.92 Å². The molecule has 1 fully saturated rings. The van der Waals surface area contributed by atoms with Crippen molar-refractivity contribution in [1.82, 2.24) is 0 Å². The van der Waals surface area contributed by atoms with Gasteiger partial charge in [0.05, 0.1) is 0 Å². The van der Waals surface area contributed by atoms with E-state index in [0.717, 1.165) is 19.3 Å². The molecule has 1 nitrogen and oxygen atoms in total. The smallest absolute Gasteiger partial charge is 0.104 e. The molecule has 2 atom stereocenters. The third-order valence-corrected chi connectivity index (χ3v) is 2.80. The lowest BCUT2D eigenvalue weighted by Crippen LogP contribution is -2.36. The van der Waals surface area contributed by atoms with Crippen molar-refractivity contribution in [2.75, 3.05) is 0 Å². The average Bonchev–Trinajstić information content (AvgIpc) is 2.65. The van der Waals surface area contributed by atoms with E-state index in [9.17, 15) is 4.39 Å². The summed E-state index contributed by atoms with van der Waals surface area (Å²) < 4.78 is 12.9. The van der Waals surface area contributed by atoms with E-state index < -0.39 is 6.17 Å². The van der Waals surface area contributed by atoms with Gasteiger partial charge in [-0.2, -0.15) is 0 Å². The van der Waals surface area contributed by atoms with Gasteiger partial charge in [-0.05, 0) is 26.2 Å². The van der Waals surface area contributed by atoms with Crippen LogP contribution >= 0.6 is 0 Å². The minimum absolute atomic E-state index is 0.0764.